The number of nitrogens with zero attached hydrogens (tertiary/aromatic N) is 2. The van der Waals surface area contributed by atoms with Crippen molar-refractivity contribution in [3.63, 3.8) is 0 Å². The number of aliphatic hydroxyl groups is 1. The van der Waals surface area contributed by atoms with Gasteiger partial charge in [-0.05, 0) is 81.2 Å². The van der Waals surface area contributed by atoms with Crippen LogP contribution in [-0.4, -0.2) is 58.2 Å². The van der Waals surface area contributed by atoms with E-state index >= 15 is 0 Å². The van der Waals surface area contributed by atoms with Crippen LogP contribution in [0.2, 0.25) is 0 Å². The van der Waals surface area contributed by atoms with Gasteiger partial charge in [-0.15, -0.1) is 0 Å². The van der Waals surface area contributed by atoms with Crippen molar-refractivity contribution in [3.05, 3.63) is 53.6 Å². The normalized spacial score (nSPS) is 18.5. The molecule has 2 aromatic carbocycles. The zero-order valence-electron chi connectivity index (χ0n) is 23.7. The van der Waals surface area contributed by atoms with E-state index in [1.807, 2.05) is 23.1 Å². The quantitative estimate of drug-likeness (QED) is 0.446. The molecule has 0 bridgehead atoms. The molecule has 2 N–H and O–H groups in total. The van der Waals surface area contributed by atoms with E-state index in [2.05, 4.69) is 34.1 Å². The highest BCUT2D eigenvalue weighted by molar-refractivity contribution is 6.03. The van der Waals surface area contributed by atoms with Gasteiger partial charge in [0.25, 0.3) is 5.91 Å². The van der Waals surface area contributed by atoms with Crippen molar-refractivity contribution in [2.45, 2.75) is 76.8 Å². The van der Waals surface area contributed by atoms with Crippen LogP contribution in [0, 0.1) is 5.92 Å². The maximum atomic E-state index is 13.6. The summed E-state index contributed by atoms with van der Waals surface area (Å²) in [5.74, 6) is 1.34. The summed E-state index contributed by atoms with van der Waals surface area (Å²) in [4.78, 5) is 28.7. The maximum absolute atomic E-state index is 13.6. The fourth-order valence-corrected chi connectivity index (χ4v) is 7.00. The number of hydrogen-bond donors (Lipinski definition) is 2. The highest BCUT2D eigenvalue weighted by atomic mass is 16.5. The van der Waals surface area contributed by atoms with E-state index in [0.717, 1.165) is 29.7 Å². The van der Waals surface area contributed by atoms with Crippen LogP contribution in [-0.2, 0) is 11.3 Å². The van der Waals surface area contributed by atoms with Gasteiger partial charge < -0.3 is 24.6 Å². The van der Waals surface area contributed by atoms with Crippen molar-refractivity contribution < 1.29 is 19.4 Å². The number of ether oxygens (including phenoxy) is 1. The second-order valence-corrected chi connectivity index (χ2v) is 12.3. The first-order valence-electron chi connectivity index (χ1n) is 15.0. The fraction of sp³-hybridized carbons (Fsp3) is 0.515. The van der Waals surface area contributed by atoms with Crippen molar-refractivity contribution in [2.75, 3.05) is 26.3 Å². The number of hydrogen-bond acceptors (Lipinski definition) is 4. The van der Waals surface area contributed by atoms with Crippen LogP contribution in [0.5, 0.6) is 5.75 Å². The Morgan fingerprint density at radius 1 is 1.00 bits per heavy atom. The maximum Gasteiger partial charge on any atom is 0.252 e. The van der Waals surface area contributed by atoms with Gasteiger partial charge in [-0.25, -0.2) is 0 Å². The number of likely N-dealkylation sites (tertiary alicyclic amines) is 1. The highest BCUT2D eigenvalue weighted by Gasteiger charge is 2.36. The molecule has 7 heteroatoms. The predicted molar refractivity (Wildman–Crippen MR) is 157 cm³/mol. The topological polar surface area (TPSA) is 83.8 Å². The van der Waals surface area contributed by atoms with Crippen molar-refractivity contribution in [3.8, 4) is 17.0 Å². The molecule has 1 aromatic heterocycles. The lowest BCUT2D eigenvalue weighted by Crippen LogP contribution is -2.57. The molecule has 0 spiro atoms. The average Bonchev–Trinajstić information content (AvgIpc) is 3.18. The molecular formula is C33H41N3O4. The Morgan fingerprint density at radius 2 is 1.75 bits per heavy atom. The molecule has 1 saturated heterocycles. The Labute approximate surface area is 236 Å². The standard InChI is InChI=1S/C33H41N3O4/c1-33(2,32(39)35-16-14-22(21-37)15-17-35)34-31(38)24-12-13-25-27(20-24)36-18-19-40-28-11-7-6-10-26(28)30(36)29(25)23-8-4-3-5-9-23/h6-7,10-13,20,22-23,37H,3-5,8-9,14-19,21H2,1-2H3,(H,34,38). The summed E-state index contributed by atoms with van der Waals surface area (Å²) in [7, 11) is 0. The summed E-state index contributed by atoms with van der Waals surface area (Å²) in [6.07, 6.45) is 7.73. The van der Waals surface area contributed by atoms with E-state index in [0.29, 0.717) is 37.7 Å². The molecule has 212 valence electrons. The summed E-state index contributed by atoms with van der Waals surface area (Å²) in [6.45, 7) is 6.23. The van der Waals surface area contributed by atoms with Gasteiger partial charge in [0.15, 0.2) is 0 Å². The molecule has 0 radical (unpaired) electrons. The first kappa shape index (κ1) is 26.9. The van der Waals surface area contributed by atoms with Crippen LogP contribution in [0.4, 0.5) is 0 Å². The van der Waals surface area contributed by atoms with E-state index in [1.165, 1.54) is 48.7 Å². The van der Waals surface area contributed by atoms with Gasteiger partial charge in [-0.1, -0.05) is 37.5 Å². The van der Waals surface area contributed by atoms with E-state index in [4.69, 9.17) is 4.74 Å². The third-order valence-electron chi connectivity index (χ3n) is 9.21. The van der Waals surface area contributed by atoms with E-state index in [1.54, 1.807) is 13.8 Å². The van der Waals surface area contributed by atoms with E-state index in [9.17, 15) is 14.7 Å². The minimum Gasteiger partial charge on any atom is -0.491 e. The van der Waals surface area contributed by atoms with Crippen LogP contribution in [0.15, 0.2) is 42.5 Å². The number of aromatic nitrogens is 1. The van der Waals surface area contributed by atoms with Gasteiger partial charge in [-0.3, -0.25) is 9.59 Å². The number of nitrogens with one attached hydrogen (secondary N) is 1. The second-order valence-electron chi connectivity index (χ2n) is 12.3. The van der Waals surface area contributed by atoms with Crippen molar-refractivity contribution >= 4 is 22.7 Å². The number of piperidine rings is 1. The molecule has 0 unspecified atom stereocenters. The number of fused-ring (bicyclic) bond motifs is 5. The van der Waals surface area contributed by atoms with Crippen molar-refractivity contribution in [1.82, 2.24) is 14.8 Å². The van der Waals surface area contributed by atoms with Gasteiger partial charge in [0.2, 0.25) is 5.91 Å². The predicted octanol–water partition coefficient (Wildman–Crippen LogP) is 5.49. The second kappa shape index (κ2) is 10.9. The third-order valence-corrected chi connectivity index (χ3v) is 9.21. The van der Waals surface area contributed by atoms with Gasteiger partial charge in [-0.2, -0.15) is 0 Å². The molecule has 1 saturated carbocycles. The van der Waals surface area contributed by atoms with Crippen LogP contribution in [0.25, 0.3) is 22.2 Å². The molecule has 2 fully saturated rings. The fourth-order valence-electron chi connectivity index (χ4n) is 7.00. The molecule has 2 amide bonds. The summed E-state index contributed by atoms with van der Waals surface area (Å²) in [6, 6.07) is 14.3. The lowest BCUT2D eigenvalue weighted by molar-refractivity contribution is -0.138. The first-order chi connectivity index (χ1) is 19.4. The lowest BCUT2D eigenvalue weighted by atomic mass is 9.81. The number of amides is 2. The molecule has 7 nitrogen and oxygen atoms in total. The zero-order chi connectivity index (χ0) is 27.9. The van der Waals surface area contributed by atoms with Gasteiger partial charge in [0.05, 0.1) is 12.2 Å². The lowest BCUT2D eigenvalue weighted by Gasteiger charge is -2.37. The summed E-state index contributed by atoms with van der Waals surface area (Å²) in [5, 5.41) is 13.7. The van der Waals surface area contributed by atoms with Gasteiger partial charge >= 0.3 is 0 Å². The van der Waals surface area contributed by atoms with Gasteiger partial charge in [0.1, 0.15) is 17.9 Å². The molecule has 40 heavy (non-hydrogen) atoms. The number of para-hydroxylation sites is 1. The largest absolute Gasteiger partial charge is 0.491 e. The number of benzene rings is 2. The number of carbonyl (C=O) groups excluding carboxylic acids is 2. The Kier molecular flexibility index (Phi) is 7.34. The van der Waals surface area contributed by atoms with Crippen LogP contribution >= 0.6 is 0 Å². The zero-order valence-corrected chi connectivity index (χ0v) is 23.7. The molecule has 1 aliphatic carbocycles. The van der Waals surface area contributed by atoms with Crippen molar-refractivity contribution in [1.29, 1.82) is 0 Å². The molecule has 0 atom stereocenters. The third kappa shape index (κ3) is 4.89. The number of aliphatic hydroxyl groups excluding tert-OH is 1. The van der Waals surface area contributed by atoms with Crippen LogP contribution in [0.1, 0.15) is 80.6 Å². The monoisotopic (exact) mass is 543 g/mol. The molecule has 3 heterocycles. The smallest absolute Gasteiger partial charge is 0.252 e. The van der Waals surface area contributed by atoms with Crippen molar-refractivity contribution in [2.24, 2.45) is 5.92 Å². The molecule has 2 aliphatic heterocycles. The SMILES string of the molecule is CC(C)(NC(=O)c1ccc2c(C3CCCCC3)c3n(c2c1)CCOc1ccccc1-3)C(=O)N1CCC(CO)CC1. The first-order valence-corrected chi connectivity index (χ1v) is 15.0. The molecule has 6 rings (SSSR count). The summed E-state index contributed by atoms with van der Waals surface area (Å²) in [5.41, 5.74) is 4.32. The average molecular weight is 544 g/mol. The Morgan fingerprint density at radius 3 is 2.50 bits per heavy atom. The van der Waals surface area contributed by atoms with E-state index in [-0.39, 0.29) is 24.3 Å². The highest BCUT2D eigenvalue weighted by Crippen LogP contribution is 2.47. The Balaban J connectivity index is 1.34. The molecule has 3 aliphatic rings. The number of carbonyl (C=O) groups is 2. The van der Waals surface area contributed by atoms with Crippen LogP contribution < -0.4 is 10.1 Å². The molecular weight excluding hydrogens is 502 g/mol. The number of rotatable bonds is 5. The summed E-state index contributed by atoms with van der Waals surface area (Å²) < 4.78 is 8.52. The Hall–Kier alpha value is -3.32. The van der Waals surface area contributed by atoms with E-state index < -0.39 is 5.54 Å². The molecule has 3 aromatic rings. The minimum absolute atomic E-state index is 0.0804. The summed E-state index contributed by atoms with van der Waals surface area (Å²) >= 11 is 0. The minimum atomic E-state index is -1.03. The van der Waals surface area contributed by atoms with Crippen LogP contribution in [0.3, 0.4) is 0 Å². The van der Waals surface area contributed by atoms with Gasteiger partial charge in [0, 0.05) is 41.7 Å². The Bertz CT molecular complexity index is 1410.